The van der Waals surface area contributed by atoms with E-state index in [9.17, 15) is 23.2 Å². The average molecular weight is 404 g/mol. The Kier molecular flexibility index (Phi) is 6.01. The molecular weight excluding hydrogens is 386 g/mol. The van der Waals surface area contributed by atoms with Gasteiger partial charge in [0.25, 0.3) is 11.5 Å². The van der Waals surface area contributed by atoms with Gasteiger partial charge in [0.05, 0.1) is 10.9 Å². The van der Waals surface area contributed by atoms with Crippen LogP contribution in [0.5, 0.6) is 5.75 Å². The molecule has 0 aliphatic carbocycles. The molecule has 1 amide bonds. The molecule has 0 bridgehead atoms. The Hall–Kier alpha value is -3.56. The van der Waals surface area contributed by atoms with Crippen molar-refractivity contribution in [2.75, 3.05) is 0 Å². The molecule has 0 fully saturated rings. The van der Waals surface area contributed by atoms with E-state index in [2.05, 4.69) is 20.0 Å². The molecule has 29 heavy (non-hydrogen) atoms. The van der Waals surface area contributed by atoms with Crippen LogP contribution < -0.4 is 21.3 Å². The van der Waals surface area contributed by atoms with Crippen molar-refractivity contribution >= 4 is 16.9 Å². The van der Waals surface area contributed by atoms with Crippen molar-refractivity contribution in [2.45, 2.75) is 33.0 Å². The molecule has 2 heterocycles. The normalized spacial score (nSPS) is 11.0. The van der Waals surface area contributed by atoms with Crippen LogP contribution in [0, 0.1) is 0 Å². The largest absolute Gasteiger partial charge is 0.434 e. The monoisotopic (exact) mass is 404 g/mol. The molecule has 0 radical (unpaired) electrons. The molecular formula is C19H18F2N4O4. The Morgan fingerprint density at radius 1 is 1.31 bits per heavy atom. The number of alkyl halides is 2. The molecule has 0 saturated carbocycles. The Balaban J connectivity index is 1.85. The van der Waals surface area contributed by atoms with Crippen molar-refractivity contribution in [3.05, 3.63) is 68.5 Å². The highest BCUT2D eigenvalue weighted by molar-refractivity contribution is 5.96. The lowest BCUT2D eigenvalue weighted by Crippen LogP contribution is -2.31. The summed E-state index contributed by atoms with van der Waals surface area (Å²) < 4.78 is 30.7. The van der Waals surface area contributed by atoms with Gasteiger partial charge >= 0.3 is 12.3 Å². The number of rotatable bonds is 7. The highest BCUT2D eigenvalue weighted by Crippen LogP contribution is 2.20. The van der Waals surface area contributed by atoms with Gasteiger partial charge in [0, 0.05) is 24.8 Å². The molecule has 3 aromatic rings. The Morgan fingerprint density at radius 3 is 2.79 bits per heavy atom. The second-order valence-corrected chi connectivity index (χ2v) is 6.17. The van der Waals surface area contributed by atoms with Crippen molar-refractivity contribution in [1.29, 1.82) is 0 Å². The first-order valence-corrected chi connectivity index (χ1v) is 8.84. The Bertz CT molecular complexity index is 1160. The summed E-state index contributed by atoms with van der Waals surface area (Å²) in [5.74, 6) is -0.599. The third kappa shape index (κ3) is 4.48. The smallest absolute Gasteiger partial charge is 0.387 e. The number of nitrogens with one attached hydrogen (secondary N) is 2. The van der Waals surface area contributed by atoms with Crippen LogP contribution in [0.3, 0.4) is 0 Å². The molecule has 0 unspecified atom stereocenters. The van der Waals surface area contributed by atoms with E-state index < -0.39 is 23.8 Å². The molecule has 152 valence electrons. The fourth-order valence-corrected chi connectivity index (χ4v) is 2.86. The first kappa shape index (κ1) is 20.2. The summed E-state index contributed by atoms with van der Waals surface area (Å²) >= 11 is 0. The summed E-state index contributed by atoms with van der Waals surface area (Å²) in [6.45, 7) is -0.804. The van der Waals surface area contributed by atoms with Crippen molar-refractivity contribution < 1.29 is 18.3 Å². The van der Waals surface area contributed by atoms with Crippen molar-refractivity contribution in [2.24, 2.45) is 0 Å². The number of benzene rings is 1. The minimum absolute atomic E-state index is 0.0422. The summed E-state index contributed by atoms with van der Waals surface area (Å²) in [5, 5.41) is 2.68. The van der Waals surface area contributed by atoms with E-state index in [1.165, 1.54) is 22.9 Å². The third-order valence-electron chi connectivity index (χ3n) is 4.17. The average Bonchev–Trinajstić information content (AvgIpc) is 2.69. The zero-order chi connectivity index (χ0) is 21.0. The number of fused-ring (bicyclic) bond motifs is 1. The number of carbonyl (C=O) groups excluding carboxylic acids is 1. The number of halogens is 2. The minimum Gasteiger partial charge on any atom is -0.434 e. The molecule has 0 aliphatic rings. The van der Waals surface area contributed by atoms with Gasteiger partial charge in [-0.25, -0.2) is 9.78 Å². The second kappa shape index (κ2) is 8.63. The first-order valence-electron chi connectivity index (χ1n) is 8.84. The van der Waals surface area contributed by atoms with Crippen molar-refractivity contribution in [3.63, 3.8) is 0 Å². The SMILES string of the molecule is CCCn1c(=O)[nH]c(=O)c2cc(C(=O)NCc3ccccc3OC(F)F)cnc21. The minimum atomic E-state index is -2.98. The van der Waals surface area contributed by atoms with Gasteiger partial charge in [-0.2, -0.15) is 8.78 Å². The van der Waals surface area contributed by atoms with Crippen LogP contribution in [0.4, 0.5) is 8.78 Å². The molecule has 10 heteroatoms. The Labute approximate surface area is 163 Å². The second-order valence-electron chi connectivity index (χ2n) is 6.17. The predicted molar refractivity (Wildman–Crippen MR) is 101 cm³/mol. The first-order chi connectivity index (χ1) is 13.9. The van der Waals surface area contributed by atoms with Crippen LogP contribution in [-0.4, -0.2) is 27.1 Å². The fourth-order valence-electron chi connectivity index (χ4n) is 2.86. The molecule has 2 N–H and O–H groups in total. The molecule has 0 aliphatic heterocycles. The number of hydrogen-bond donors (Lipinski definition) is 2. The maximum atomic E-state index is 12.5. The maximum Gasteiger partial charge on any atom is 0.387 e. The van der Waals surface area contributed by atoms with Gasteiger partial charge in [0.15, 0.2) is 0 Å². The number of pyridine rings is 1. The fraction of sp³-hybridized carbons (Fsp3) is 0.263. The topological polar surface area (TPSA) is 106 Å². The van der Waals surface area contributed by atoms with Crippen LogP contribution in [0.25, 0.3) is 11.0 Å². The number of para-hydroxylation sites is 1. The van der Waals surface area contributed by atoms with E-state index in [4.69, 9.17) is 0 Å². The van der Waals surface area contributed by atoms with Gasteiger partial charge < -0.3 is 10.1 Å². The summed E-state index contributed by atoms with van der Waals surface area (Å²) in [6.07, 6.45) is 1.91. The van der Waals surface area contributed by atoms with Crippen LogP contribution in [-0.2, 0) is 13.1 Å². The Morgan fingerprint density at radius 2 is 2.07 bits per heavy atom. The lowest BCUT2D eigenvalue weighted by molar-refractivity contribution is -0.0504. The number of amides is 1. The molecule has 0 saturated heterocycles. The summed E-state index contributed by atoms with van der Waals surface area (Å²) in [7, 11) is 0. The lowest BCUT2D eigenvalue weighted by Gasteiger charge is -2.12. The van der Waals surface area contributed by atoms with E-state index in [1.807, 2.05) is 6.92 Å². The highest BCUT2D eigenvalue weighted by atomic mass is 19.3. The zero-order valence-corrected chi connectivity index (χ0v) is 15.4. The number of aromatic amines is 1. The molecule has 1 aromatic carbocycles. The number of nitrogens with zero attached hydrogens (tertiary/aromatic N) is 2. The van der Waals surface area contributed by atoms with Gasteiger partial charge in [-0.05, 0) is 18.6 Å². The number of ether oxygens (including phenoxy) is 1. The number of carbonyl (C=O) groups is 1. The van der Waals surface area contributed by atoms with E-state index >= 15 is 0 Å². The van der Waals surface area contributed by atoms with E-state index in [1.54, 1.807) is 18.2 Å². The van der Waals surface area contributed by atoms with Gasteiger partial charge in [-0.3, -0.25) is 19.1 Å². The zero-order valence-electron chi connectivity index (χ0n) is 15.4. The molecule has 2 aromatic heterocycles. The third-order valence-corrected chi connectivity index (χ3v) is 4.17. The van der Waals surface area contributed by atoms with Crippen molar-refractivity contribution in [1.82, 2.24) is 19.9 Å². The van der Waals surface area contributed by atoms with Gasteiger partial charge in [-0.1, -0.05) is 25.1 Å². The lowest BCUT2D eigenvalue weighted by atomic mass is 10.2. The predicted octanol–water partition coefficient (Wildman–Crippen LogP) is 2.03. The molecule has 3 rings (SSSR count). The quantitative estimate of drug-likeness (QED) is 0.627. The maximum absolute atomic E-state index is 12.5. The molecule has 0 atom stereocenters. The van der Waals surface area contributed by atoms with Crippen LogP contribution >= 0.6 is 0 Å². The van der Waals surface area contributed by atoms with E-state index in [-0.39, 0.29) is 28.9 Å². The van der Waals surface area contributed by atoms with Crippen molar-refractivity contribution in [3.8, 4) is 5.75 Å². The van der Waals surface area contributed by atoms with Crippen LogP contribution in [0.15, 0.2) is 46.1 Å². The van der Waals surface area contributed by atoms with Crippen LogP contribution in [0.1, 0.15) is 29.3 Å². The van der Waals surface area contributed by atoms with Gasteiger partial charge in [0.1, 0.15) is 11.4 Å². The van der Waals surface area contributed by atoms with E-state index in [0.717, 1.165) is 0 Å². The summed E-state index contributed by atoms with van der Waals surface area (Å²) in [5.41, 5.74) is -0.561. The number of aryl methyl sites for hydroxylation is 1. The highest BCUT2D eigenvalue weighted by Gasteiger charge is 2.14. The number of H-pyrrole nitrogens is 1. The molecule has 8 nitrogen and oxygen atoms in total. The summed E-state index contributed by atoms with van der Waals surface area (Å²) in [4.78, 5) is 42.9. The standard InChI is InChI=1S/C19H18F2N4O4/c1-2-7-25-15-13(17(27)24-19(25)28)8-12(10-22-15)16(26)23-9-11-5-3-4-6-14(11)29-18(20)21/h3-6,8,10,18H,2,7,9H2,1H3,(H,23,26)(H,24,27,28). The number of aromatic nitrogens is 3. The van der Waals surface area contributed by atoms with Gasteiger partial charge in [-0.15, -0.1) is 0 Å². The van der Waals surface area contributed by atoms with E-state index in [0.29, 0.717) is 18.5 Å². The summed E-state index contributed by atoms with van der Waals surface area (Å²) in [6, 6.07) is 7.43. The van der Waals surface area contributed by atoms with Crippen LogP contribution in [0.2, 0.25) is 0 Å². The number of hydrogen-bond acceptors (Lipinski definition) is 5. The molecule has 0 spiro atoms. The van der Waals surface area contributed by atoms with Gasteiger partial charge in [0.2, 0.25) is 0 Å².